The number of phenolic OH excluding ortho intramolecular Hbond substituents is 1. The van der Waals surface area contributed by atoms with Crippen LogP contribution in [0.15, 0.2) is 24.3 Å². The average Bonchev–Trinajstić information content (AvgIpc) is 2.76. The monoisotopic (exact) mass is 334 g/mol. The number of carbonyl (C=O) groups is 3. The highest BCUT2D eigenvalue weighted by molar-refractivity contribution is 5.96. The van der Waals surface area contributed by atoms with E-state index in [2.05, 4.69) is 10.9 Å². The van der Waals surface area contributed by atoms with Crippen LogP contribution in [0.4, 0.5) is 0 Å². The molecule has 24 heavy (non-hydrogen) atoms. The van der Waals surface area contributed by atoms with Gasteiger partial charge in [0.25, 0.3) is 5.91 Å². The number of carboxylic acids is 1. The van der Waals surface area contributed by atoms with Gasteiger partial charge < -0.3 is 10.2 Å². The van der Waals surface area contributed by atoms with E-state index >= 15 is 0 Å². The number of carboxylic acid groups (broad SMARTS) is 1. The predicted molar refractivity (Wildman–Crippen MR) is 86.0 cm³/mol. The fourth-order valence-electron chi connectivity index (χ4n) is 3.27. The SMILES string of the molecule is CC1(C)[C@@H](C(=O)NNC(=O)c2cccc(O)c2)CC[C@@]1(C)C(=O)O. The van der Waals surface area contributed by atoms with Gasteiger partial charge in [-0.1, -0.05) is 19.9 Å². The van der Waals surface area contributed by atoms with E-state index < -0.39 is 34.5 Å². The van der Waals surface area contributed by atoms with Crippen LogP contribution < -0.4 is 10.9 Å². The molecular weight excluding hydrogens is 312 g/mol. The molecule has 1 fully saturated rings. The third-order valence-corrected chi connectivity index (χ3v) is 5.42. The lowest BCUT2D eigenvalue weighted by molar-refractivity contribution is -0.155. The van der Waals surface area contributed by atoms with Gasteiger partial charge in [-0.3, -0.25) is 25.2 Å². The van der Waals surface area contributed by atoms with Crippen molar-refractivity contribution in [1.29, 1.82) is 0 Å². The first-order valence-corrected chi connectivity index (χ1v) is 7.72. The van der Waals surface area contributed by atoms with Gasteiger partial charge in [-0.25, -0.2) is 0 Å². The van der Waals surface area contributed by atoms with Gasteiger partial charge in [0.15, 0.2) is 0 Å². The molecule has 1 aliphatic rings. The summed E-state index contributed by atoms with van der Waals surface area (Å²) in [5, 5.41) is 18.8. The molecule has 0 unspecified atom stereocenters. The van der Waals surface area contributed by atoms with Gasteiger partial charge in [-0.15, -0.1) is 0 Å². The van der Waals surface area contributed by atoms with Crippen LogP contribution in [0, 0.1) is 16.7 Å². The largest absolute Gasteiger partial charge is 0.508 e. The number of hydrazine groups is 1. The van der Waals surface area contributed by atoms with Crippen molar-refractivity contribution in [2.75, 3.05) is 0 Å². The number of phenols is 1. The Kier molecular flexibility index (Phi) is 4.55. The second-order valence-corrected chi connectivity index (χ2v) is 6.94. The van der Waals surface area contributed by atoms with Gasteiger partial charge >= 0.3 is 5.97 Å². The Labute approximate surface area is 140 Å². The van der Waals surface area contributed by atoms with E-state index in [1.807, 2.05) is 0 Å². The highest BCUT2D eigenvalue weighted by Gasteiger charge is 2.58. The Morgan fingerprint density at radius 3 is 2.38 bits per heavy atom. The van der Waals surface area contributed by atoms with Crippen molar-refractivity contribution in [3.8, 4) is 5.75 Å². The molecule has 0 aliphatic heterocycles. The molecule has 1 aromatic carbocycles. The Hall–Kier alpha value is -2.57. The summed E-state index contributed by atoms with van der Waals surface area (Å²) in [6.45, 7) is 5.17. The summed E-state index contributed by atoms with van der Waals surface area (Å²) in [5.41, 5.74) is 3.12. The molecule has 1 aliphatic carbocycles. The maximum atomic E-state index is 12.4. The fraction of sp³-hybridized carbons (Fsp3) is 0.471. The normalized spacial score (nSPS) is 25.0. The van der Waals surface area contributed by atoms with Crippen LogP contribution in [0.25, 0.3) is 0 Å². The van der Waals surface area contributed by atoms with Crippen molar-refractivity contribution >= 4 is 17.8 Å². The van der Waals surface area contributed by atoms with E-state index in [0.29, 0.717) is 12.8 Å². The number of aliphatic carboxylic acids is 1. The standard InChI is InChI=1S/C17H22N2O5/c1-16(2)12(7-8-17(16,3)15(23)24)14(22)19-18-13(21)10-5-4-6-11(20)9-10/h4-6,9,12,20H,7-8H2,1-3H3,(H,18,21)(H,19,22)(H,23,24)/t12-,17+/m1/s1. The maximum Gasteiger partial charge on any atom is 0.309 e. The topological polar surface area (TPSA) is 116 Å². The molecule has 7 heteroatoms. The molecule has 130 valence electrons. The van der Waals surface area contributed by atoms with E-state index in [-0.39, 0.29) is 11.3 Å². The molecule has 0 bridgehead atoms. The first kappa shape index (κ1) is 17.8. The maximum absolute atomic E-state index is 12.4. The third-order valence-electron chi connectivity index (χ3n) is 5.42. The van der Waals surface area contributed by atoms with Crippen LogP contribution >= 0.6 is 0 Å². The molecule has 2 amide bonds. The van der Waals surface area contributed by atoms with Gasteiger partial charge in [-0.05, 0) is 43.4 Å². The van der Waals surface area contributed by atoms with Crippen molar-refractivity contribution in [3.05, 3.63) is 29.8 Å². The van der Waals surface area contributed by atoms with Gasteiger partial charge in [0.1, 0.15) is 5.75 Å². The molecular formula is C17H22N2O5. The zero-order chi connectivity index (χ0) is 18.1. The quantitative estimate of drug-likeness (QED) is 0.628. The van der Waals surface area contributed by atoms with Crippen LogP contribution in [0.5, 0.6) is 5.75 Å². The fourth-order valence-corrected chi connectivity index (χ4v) is 3.27. The van der Waals surface area contributed by atoms with Crippen LogP contribution in [0.1, 0.15) is 44.0 Å². The van der Waals surface area contributed by atoms with E-state index in [0.717, 1.165) is 0 Å². The zero-order valence-electron chi connectivity index (χ0n) is 13.9. The lowest BCUT2D eigenvalue weighted by Crippen LogP contribution is -2.49. The smallest absolute Gasteiger partial charge is 0.309 e. The molecule has 0 heterocycles. The number of rotatable bonds is 3. The summed E-state index contributed by atoms with van der Waals surface area (Å²) in [4.78, 5) is 36.0. The molecule has 2 atom stereocenters. The summed E-state index contributed by atoms with van der Waals surface area (Å²) in [6, 6.07) is 5.73. The lowest BCUT2D eigenvalue weighted by atomic mass is 9.65. The highest BCUT2D eigenvalue weighted by Crippen LogP contribution is 2.56. The third kappa shape index (κ3) is 2.93. The van der Waals surface area contributed by atoms with Gasteiger partial charge in [-0.2, -0.15) is 0 Å². The van der Waals surface area contributed by atoms with Crippen molar-refractivity contribution in [1.82, 2.24) is 10.9 Å². The molecule has 2 rings (SSSR count). The average molecular weight is 334 g/mol. The second-order valence-electron chi connectivity index (χ2n) is 6.94. The number of nitrogens with one attached hydrogen (secondary N) is 2. The molecule has 0 spiro atoms. The second kappa shape index (κ2) is 6.14. The Bertz CT molecular complexity index is 685. The van der Waals surface area contributed by atoms with Crippen LogP contribution in [-0.4, -0.2) is 28.0 Å². The summed E-state index contributed by atoms with van der Waals surface area (Å²) < 4.78 is 0. The minimum atomic E-state index is -0.996. The van der Waals surface area contributed by atoms with Gasteiger partial charge in [0, 0.05) is 11.5 Å². The predicted octanol–water partition coefficient (Wildman–Crippen LogP) is 1.68. The Balaban J connectivity index is 2.03. The molecule has 4 N–H and O–H groups in total. The first-order valence-electron chi connectivity index (χ1n) is 7.72. The zero-order valence-corrected chi connectivity index (χ0v) is 13.9. The van der Waals surface area contributed by atoms with Crippen LogP contribution in [-0.2, 0) is 9.59 Å². The number of aromatic hydroxyl groups is 1. The molecule has 1 aromatic rings. The minimum Gasteiger partial charge on any atom is -0.508 e. The number of hydrogen-bond acceptors (Lipinski definition) is 4. The molecule has 0 saturated heterocycles. The molecule has 0 radical (unpaired) electrons. The van der Waals surface area contributed by atoms with Crippen molar-refractivity contribution < 1.29 is 24.6 Å². The van der Waals surface area contributed by atoms with Crippen molar-refractivity contribution in [2.45, 2.75) is 33.6 Å². The number of hydrogen-bond donors (Lipinski definition) is 4. The Morgan fingerprint density at radius 2 is 1.83 bits per heavy atom. The van der Waals surface area contributed by atoms with E-state index in [9.17, 15) is 24.6 Å². The molecule has 0 aromatic heterocycles. The summed E-state index contributed by atoms with van der Waals surface area (Å²) >= 11 is 0. The van der Waals surface area contributed by atoms with Gasteiger partial charge in [0.05, 0.1) is 5.41 Å². The van der Waals surface area contributed by atoms with Crippen molar-refractivity contribution in [2.24, 2.45) is 16.7 Å². The van der Waals surface area contributed by atoms with Gasteiger partial charge in [0.2, 0.25) is 5.91 Å². The Morgan fingerprint density at radius 1 is 1.17 bits per heavy atom. The minimum absolute atomic E-state index is 0.0527. The van der Waals surface area contributed by atoms with Crippen LogP contribution in [0.2, 0.25) is 0 Å². The van der Waals surface area contributed by atoms with Crippen molar-refractivity contribution in [3.63, 3.8) is 0 Å². The highest BCUT2D eigenvalue weighted by atomic mass is 16.4. The number of amides is 2. The molecule has 1 saturated carbocycles. The number of benzene rings is 1. The summed E-state index contributed by atoms with van der Waals surface area (Å²) in [6.07, 6.45) is 0.831. The first-order chi connectivity index (χ1) is 11.1. The summed E-state index contributed by atoms with van der Waals surface area (Å²) in [7, 11) is 0. The number of carbonyl (C=O) groups excluding carboxylic acids is 2. The van der Waals surface area contributed by atoms with E-state index in [4.69, 9.17) is 0 Å². The van der Waals surface area contributed by atoms with E-state index in [1.165, 1.54) is 24.3 Å². The summed E-state index contributed by atoms with van der Waals surface area (Å²) in [5.74, 6) is -2.48. The lowest BCUT2D eigenvalue weighted by Gasteiger charge is -2.37. The van der Waals surface area contributed by atoms with E-state index in [1.54, 1.807) is 20.8 Å². The van der Waals surface area contributed by atoms with Crippen LogP contribution in [0.3, 0.4) is 0 Å². The molecule has 7 nitrogen and oxygen atoms in total.